The molecule has 0 aromatic heterocycles. The Balaban J connectivity index is 4.19. The second kappa shape index (κ2) is 5.72. The number of rotatable bonds is 7. The van der Waals surface area contributed by atoms with Gasteiger partial charge in [-0.25, -0.2) is 0 Å². The molecule has 86 valence electrons. The molecule has 0 atom stereocenters. The molecule has 0 aromatic carbocycles. The standard InChI is InChI=1S/C12H27NO/c1-6-12(7-2,10-13)9-8-11(3,4)14-5/h6-10,13H2,1-5H3. The van der Waals surface area contributed by atoms with E-state index in [2.05, 4.69) is 27.7 Å². The van der Waals surface area contributed by atoms with Gasteiger partial charge in [-0.3, -0.25) is 0 Å². The van der Waals surface area contributed by atoms with Crippen molar-refractivity contribution in [2.75, 3.05) is 13.7 Å². The number of hydrogen-bond acceptors (Lipinski definition) is 2. The summed E-state index contributed by atoms with van der Waals surface area (Å²) in [6.45, 7) is 9.53. The Morgan fingerprint density at radius 1 is 1.07 bits per heavy atom. The van der Waals surface area contributed by atoms with Gasteiger partial charge in [-0.1, -0.05) is 13.8 Å². The third-order valence-electron chi connectivity index (χ3n) is 3.74. The zero-order valence-electron chi connectivity index (χ0n) is 10.5. The first kappa shape index (κ1) is 13.9. The highest BCUT2D eigenvalue weighted by Gasteiger charge is 2.27. The molecule has 0 aliphatic rings. The van der Waals surface area contributed by atoms with Gasteiger partial charge < -0.3 is 10.5 Å². The molecule has 2 nitrogen and oxygen atoms in total. The fourth-order valence-electron chi connectivity index (χ4n) is 1.66. The highest BCUT2D eigenvalue weighted by molar-refractivity contribution is 4.81. The monoisotopic (exact) mass is 201 g/mol. The van der Waals surface area contributed by atoms with E-state index in [-0.39, 0.29) is 5.60 Å². The van der Waals surface area contributed by atoms with E-state index in [0.29, 0.717) is 5.41 Å². The number of nitrogens with two attached hydrogens (primary N) is 1. The zero-order chi connectivity index (χ0) is 11.2. The summed E-state index contributed by atoms with van der Waals surface area (Å²) in [7, 11) is 1.78. The Morgan fingerprint density at radius 2 is 1.57 bits per heavy atom. The molecule has 0 aromatic rings. The Bertz CT molecular complexity index is 142. The van der Waals surface area contributed by atoms with Crippen LogP contribution in [0.4, 0.5) is 0 Å². The van der Waals surface area contributed by atoms with E-state index in [1.165, 1.54) is 12.8 Å². The second-order valence-electron chi connectivity index (χ2n) is 4.88. The van der Waals surface area contributed by atoms with Gasteiger partial charge in [-0.2, -0.15) is 0 Å². The van der Waals surface area contributed by atoms with Gasteiger partial charge in [0.1, 0.15) is 0 Å². The molecule has 0 saturated heterocycles. The lowest BCUT2D eigenvalue weighted by Crippen LogP contribution is -2.33. The third kappa shape index (κ3) is 3.97. The van der Waals surface area contributed by atoms with Crippen LogP contribution in [0.15, 0.2) is 0 Å². The lowest BCUT2D eigenvalue weighted by molar-refractivity contribution is 0.00312. The normalized spacial score (nSPS) is 13.3. The fraction of sp³-hybridized carbons (Fsp3) is 1.00. The first-order valence-electron chi connectivity index (χ1n) is 5.70. The maximum Gasteiger partial charge on any atom is 0.0623 e. The molecule has 0 rings (SSSR count). The van der Waals surface area contributed by atoms with Crippen LogP contribution in [-0.4, -0.2) is 19.3 Å². The van der Waals surface area contributed by atoms with Crippen molar-refractivity contribution < 1.29 is 4.74 Å². The molecule has 0 fully saturated rings. The van der Waals surface area contributed by atoms with Gasteiger partial charge in [-0.05, 0) is 51.5 Å². The van der Waals surface area contributed by atoms with Crippen LogP contribution in [0, 0.1) is 5.41 Å². The highest BCUT2D eigenvalue weighted by atomic mass is 16.5. The van der Waals surface area contributed by atoms with E-state index in [0.717, 1.165) is 19.4 Å². The average molecular weight is 201 g/mol. The molecule has 2 N–H and O–H groups in total. The molecule has 0 radical (unpaired) electrons. The number of methoxy groups -OCH3 is 1. The molecular formula is C12H27NO. The predicted octanol–water partition coefficient (Wildman–Crippen LogP) is 2.96. The van der Waals surface area contributed by atoms with Crippen molar-refractivity contribution in [2.24, 2.45) is 11.1 Å². The first-order valence-corrected chi connectivity index (χ1v) is 5.70. The average Bonchev–Trinajstić information content (AvgIpc) is 2.21. The van der Waals surface area contributed by atoms with Gasteiger partial charge in [0.15, 0.2) is 0 Å². The van der Waals surface area contributed by atoms with Crippen molar-refractivity contribution in [3.8, 4) is 0 Å². The van der Waals surface area contributed by atoms with E-state index in [4.69, 9.17) is 10.5 Å². The summed E-state index contributed by atoms with van der Waals surface area (Å²) < 4.78 is 5.43. The van der Waals surface area contributed by atoms with E-state index >= 15 is 0 Å². The molecule has 0 bridgehead atoms. The Hall–Kier alpha value is -0.0800. The maximum atomic E-state index is 5.86. The van der Waals surface area contributed by atoms with E-state index in [9.17, 15) is 0 Å². The van der Waals surface area contributed by atoms with Crippen molar-refractivity contribution in [3.05, 3.63) is 0 Å². The van der Waals surface area contributed by atoms with Crippen LogP contribution in [0.25, 0.3) is 0 Å². The summed E-state index contributed by atoms with van der Waals surface area (Å²) in [5.41, 5.74) is 6.18. The van der Waals surface area contributed by atoms with Crippen LogP contribution in [-0.2, 0) is 4.74 Å². The van der Waals surface area contributed by atoms with E-state index < -0.39 is 0 Å². The van der Waals surface area contributed by atoms with Gasteiger partial charge in [0.05, 0.1) is 5.60 Å². The van der Waals surface area contributed by atoms with Crippen LogP contribution < -0.4 is 5.73 Å². The summed E-state index contributed by atoms with van der Waals surface area (Å²) in [5, 5.41) is 0. The summed E-state index contributed by atoms with van der Waals surface area (Å²) in [6, 6.07) is 0. The molecule has 0 unspecified atom stereocenters. The largest absolute Gasteiger partial charge is 0.379 e. The molecule has 0 heterocycles. The lowest BCUT2D eigenvalue weighted by atomic mass is 9.76. The van der Waals surface area contributed by atoms with Crippen LogP contribution in [0.5, 0.6) is 0 Å². The van der Waals surface area contributed by atoms with Crippen LogP contribution in [0.3, 0.4) is 0 Å². The lowest BCUT2D eigenvalue weighted by Gasteiger charge is -2.34. The van der Waals surface area contributed by atoms with E-state index in [1.807, 2.05) is 0 Å². The van der Waals surface area contributed by atoms with Gasteiger partial charge >= 0.3 is 0 Å². The number of ether oxygens (including phenoxy) is 1. The third-order valence-corrected chi connectivity index (χ3v) is 3.74. The minimum absolute atomic E-state index is 0.00917. The Kier molecular flexibility index (Phi) is 5.68. The summed E-state index contributed by atoms with van der Waals surface area (Å²) >= 11 is 0. The van der Waals surface area contributed by atoms with Gasteiger partial charge in [0.25, 0.3) is 0 Å². The smallest absolute Gasteiger partial charge is 0.0623 e. The van der Waals surface area contributed by atoms with Gasteiger partial charge in [0, 0.05) is 7.11 Å². The van der Waals surface area contributed by atoms with Gasteiger partial charge in [-0.15, -0.1) is 0 Å². The molecule has 0 amide bonds. The quantitative estimate of drug-likeness (QED) is 0.687. The highest BCUT2D eigenvalue weighted by Crippen LogP contribution is 2.33. The van der Waals surface area contributed by atoms with E-state index in [1.54, 1.807) is 7.11 Å². The molecule has 14 heavy (non-hydrogen) atoms. The summed E-state index contributed by atoms with van der Waals surface area (Å²) in [6.07, 6.45) is 4.58. The Morgan fingerprint density at radius 3 is 1.86 bits per heavy atom. The van der Waals surface area contributed by atoms with Crippen molar-refractivity contribution in [3.63, 3.8) is 0 Å². The molecule has 0 spiro atoms. The molecule has 2 heteroatoms. The Labute approximate surface area is 89.2 Å². The summed E-state index contributed by atoms with van der Waals surface area (Å²) in [4.78, 5) is 0. The maximum absolute atomic E-state index is 5.86. The molecule has 0 aliphatic heterocycles. The topological polar surface area (TPSA) is 35.2 Å². The predicted molar refractivity (Wildman–Crippen MR) is 62.4 cm³/mol. The SMILES string of the molecule is CCC(CC)(CN)CCC(C)(C)OC. The summed E-state index contributed by atoms with van der Waals surface area (Å²) in [5.74, 6) is 0. The van der Waals surface area contributed by atoms with Gasteiger partial charge in [0.2, 0.25) is 0 Å². The molecular weight excluding hydrogens is 174 g/mol. The number of hydrogen-bond donors (Lipinski definition) is 1. The van der Waals surface area contributed by atoms with Crippen molar-refractivity contribution >= 4 is 0 Å². The second-order valence-corrected chi connectivity index (χ2v) is 4.88. The fourth-order valence-corrected chi connectivity index (χ4v) is 1.66. The van der Waals surface area contributed by atoms with Crippen LogP contribution in [0.1, 0.15) is 53.4 Å². The zero-order valence-corrected chi connectivity index (χ0v) is 10.5. The van der Waals surface area contributed by atoms with Crippen molar-refractivity contribution in [1.29, 1.82) is 0 Å². The van der Waals surface area contributed by atoms with Crippen molar-refractivity contribution in [1.82, 2.24) is 0 Å². The minimum atomic E-state index is -0.00917. The minimum Gasteiger partial charge on any atom is -0.379 e. The molecule has 0 saturated carbocycles. The van der Waals surface area contributed by atoms with Crippen LogP contribution >= 0.6 is 0 Å². The molecule has 0 aliphatic carbocycles. The first-order chi connectivity index (χ1) is 6.45. The van der Waals surface area contributed by atoms with Crippen LogP contribution in [0.2, 0.25) is 0 Å². The van der Waals surface area contributed by atoms with Crippen molar-refractivity contribution in [2.45, 2.75) is 59.0 Å².